The highest BCUT2D eigenvalue weighted by Crippen LogP contribution is 2.11. The largest absolute Gasteiger partial charge is 0.373 e. The van der Waals surface area contributed by atoms with Gasteiger partial charge in [-0.3, -0.25) is 4.79 Å². The molecule has 1 heterocycles. The quantitative estimate of drug-likeness (QED) is 0.758. The molecule has 1 aromatic rings. The molecule has 1 unspecified atom stereocenters. The summed E-state index contributed by atoms with van der Waals surface area (Å²) in [6, 6.07) is 3.60. The average molecular weight is 263 g/mol. The second-order valence-electron chi connectivity index (χ2n) is 4.81. The van der Waals surface area contributed by atoms with Crippen LogP contribution in [-0.4, -0.2) is 24.5 Å². The number of amides is 1. The summed E-state index contributed by atoms with van der Waals surface area (Å²) < 4.78 is 0. The number of hydrogen-bond donors (Lipinski definition) is 2. The van der Waals surface area contributed by atoms with Gasteiger partial charge in [0.1, 0.15) is 5.82 Å². The van der Waals surface area contributed by atoms with Gasteiger partial charge in [-0.1, -0.05) is 33.1 Å². The van der Waals surface area contributed by atoms with E-state index in [1.54, 1.807) is 12.3 Å². The van der Waals surface area contributed by atoms with Crippen molar-refractivity contribution in [1.82, 2.24) is 10.3 Å². The molecule has 0 aromatic carbocycles. The fourth-order valence-corrected chi connectivity index (χ4v) is 1.96. The molecule has 19 heavy (non-hydrogen) atoms. The summed E-state index contributed by atoms with van der Waals surface area (Å²) in [5.41, 5.74) is 0.615. The predicted octanol–water partition coefficient (Wildman–Crippen LogP) is 3.07. The van der Waals surface area contributed by atoms with Gasteiger partial charge in [-0.2, -0.15) is 0 Å². The topological polar surface area (TPSA) is 54.0 Å². The van der Waals surface area contributed by atoms with E-state index in [0.29, 0.717) is 11.5 Å². The third-order valence-electron chi connectivity index (χ3n) is 3.38. The highest BCUT2D eigenvalue weighted by atomic mass is 16.1. The van der Waals surface area contributed by atoms with Gasteiger partial charge in [0.25, 0.3) is 5.91 Å². The summed E-state index contributed by atoms with van der Waals surface area (Å²) in [5.74, 6) is 1.31. The number of hydrogen-bond acceptors (Lipinski definition) is 3. The molecule has 0 bridgehead atoms. The fraction of sp³-hybridized carbons (Fsp3) is 0.600. The second kappa shape index (κ2) is 8.51. The molecular formula is C15H25N3O. The van der Waals surface area contributed by atoms with E-state index >= 15 is 0 Å². The standard InChI is InChI=1S/C15H25N3O/c1-4-6-7-12(5-2)10-18-15(19)13-8-9-14(16-3)17-11-13/h8-9,11-12H,4-7,10H2,1-3H3,(H,16,17)(H,18,19). The van der Waals surface area contributed by atoms with Gasteiger partial charge in [-0.05, 0) is 24.5 Å². The van der Waals surface area contributed by atoms with Crippen LogP contribution in [0.15, 0.2) is 18.3 Å². The molecule has 1 rings (SSSR count). The van der Waals surface area contributed by atoms with Crippen LogP contribution < -0.4 is 10.6 Å². The number of unbranched alkanes of at least 4 members (excludes halogenated alkanes) is 1. The van der Waals surface area contributed by atoms with Crippen LogP contribution in [0.5, 0.6) is 0 Å². The minimum Gasteiger partial charge on any atom is -0.373 e. The number of carbonyl (C=O) groups excluding carboxylic acids is 1. The van der Waals surface area contributed by atoms with Gasteiger partial charge < -0.3 is 10.6 Å². The molecule has 0 aliphatic rings. The lowest BCUT2D eigenvalue weighted by atomic mass is 9.99. The third-order valence-corrected chi connectivity index (χ3v) is 3.38. The van der Waals surface area contributed by atoms with Crippen LogP contribution in [0.4, 0.5) is 5.82 Å². The minimum atomic E-state index is -0.0369. The van der Waals surface area contributed by atoms with Crippen LogP contribution >= 0.6 is 0 Å². The molecule has 0 fully saturated rings. The first-order chi connectivity index (χ1) is 9.21. The Morgan fingerprint density at radius 3 is 2.68 bits per heavy atom. The Hall–Kier alpha value is -1.58. The molecule has 0 radical (unpaired) electrons. The molecule has 1 aromatic heterocycles. The maximum Gasteiger partial charge on any atom is 0.252 e. The lowest BCUT2D eigenvalue weighted by Gasteiger charge is -2.15. The number of nitrogens with zero attached hydrogens (tertiary/aromatic N) is 1. The highest BCUT2D eigenvalue weighted by molar-refractivity contribution is 5.94. The normalized spacial score (nSPS) is 11.9. The van der Waals surface area contributed by atoms with Crippen molar-refractivity contribution in [1.29, 1.82) is 0 Å². The molecule has 4 heteroatoms. The van der Waals surface area contributed by atoms with Crippen LogP contribution in [0.1, 0.15) is 49.9 Å². The van der Waals surface area contributed by atoms with Gasteiger partial charge in [0.15, 0.2) is 0 Å². The van der Waals surface area contributed by atoms with Gasteiger partial charge in [0, 0.05) is 19.8 Å². The van der Waals surface area contributed by atoms with Crippen molar-refractivity contribution in [3.63, 3.8) is 0 Å². The van der Waals surface area contributed by atoms with Gasteiger partial charge in [-0.25, -0.2) is 4.98 Å². The number of nitrogens with one attached hydrogen (secondary N) is 2. The van der Waals surface area contributed by atoms with Crippen LogP contribution in [-0.2, 0) is 0 Å². The third kappa shape index (κ3) is 5.28. The maximum absolute atomic E-state index is 12.0. The minimum absolute atomic E-state index is 0.0369. The van der Waals surface area contributed by atoms with Crippen molar-refractivity contribution in [3.8, 4) is 0 Å². The summed E-state index contributed by atoms with van der Waals surface area (Å²) in [4.78, 5) is 16.1. The summed E-state index contributed by atoms with van der Waals surface area (Å²) in [5, 5.41) is 5.93. The van der Waals surface area contributed by atoms with Crippen molar-refractivity contribution in [2.24, 2.45) is 5.92 Å². The Balaban J connectivity index is 2.44. The monoisotopic (exact) mass is 263 g/mol. The number of pyridine rings is 1. The number of aromatic nitrogens is 1. The number of rotatable bonds is 8. The van der Waals surface area contributed by atoms with Crippen molar-refractivity contribution >= 4 is 11.7 Å². The summed E-state index contributed by atoms with van der Waals surface area (Å²) in [7, 11) is 1.81. The predicted molar refractivity (Wildman–Crippen MR) is 79.4 cm³/mol. The van der Waals surface area contributed by atoms with E-state index in [4.69, 9.17) is 0 Å². The molecule has 1 amide bonds. The Kier molecular flexibility index (Phi) is 6.93. The first-order valence-corrected chi connectivity index (χ1v) is 7.13. The molecule has 1 atom stereocenters. The zero-order valence-corrected chi connectivity index (χ0v) is 12.2. The van der Waals surface area contributed by atoms with Crippen LogP contribution in [0, 0.1) is 5.92 Å². The van der Waals surface area contributed by atoms with Gasteiger partial charge >= 0.3 is 0 Å². The summed E-state index contributed by atoms with van der Waals surface area (Å²) in [6.07, 6.45) is 6.34. The van der Waals surface area contributed by atoms with Gasteiger partial charge in [-0.15, -0.1) is 0 Å². The molecule has 2 N–H and O–H groups in total. The molecule has 4 nitrogen and oxygen atoms in total. The molecule has 106 valence electrons. The Bertz CT molecular complexity index is 375. The Morgan fingerprint density at radius 2 is 2.16 bits per heavy atom. The smallest absolute Gasteiger partial charge is 0.252 e. The van der Waals surface area contributed by atoms with Crippen LogP contribution in [0.3, 0.4) is 0 Å². The molecule has 0 aliphatic carbocycles. The molecule has 0 aliphatic heterocycles. The van der Waals surface area contributed by atoms with E-state index in [0.717, 1.165) is 18.8 Å². The van der Waals surface area contributed by atoms with E-state index in [2.05, 4.69) is 29.5 Å². The lowest BCUT2D eigenvalue weighted by molar-refractivity contribution is 0.0945. The molecule has 0 spiro atoms. The zero-order chi connectivity index (χ0) is 14.1. The van der Waals surface area contributed by atoms with E-state index in [9.17, 15) is 4.79 Å². The van der Waals surface area contributed by atoms with Crippen LogP contribution in [0.25, 0.3) is 0 Å². The van der Waals surface area contributed by atoms with E-state index < -0.39 is 0 Å². The van der Waals surface area contributed by atoms with Gasteiger partial charge in [0.2, 0.25) is 0 Å². The average Bonchev–Trinajstić information content (AvgIpc) is 2.47. The van der Waals surface area contributed by atoms with E-state index in [1.165, 1.54) is 19.3 Å². The van der Waals surface area contributed by atoms with Crippen molar-refractivity contribution in [2.45, 2.75) is 39.5 Å². The first-order valence-electron chi connectivity index (χ1n) is 7.13. The maximum atomic E-state index is 12.0. The van der Waals surface area contributed by atoms with Crippen molar-refractivity contribution in [3.05, 3.63) is 23.9 Å². The Labute approximate surface area is 116 Å². The lowest BCUT2D eigenvalue weighted by Crippen LogP contribution is -2.29. The van der Waals surface area contributed by atoms with Crippen LogP contribution in [0.2, 0.25) is 0 Å². The SMILES string of the molecule is CCCCC(CC)CNC(=O)c1ccc(NC)nc1. The number of anilines is 1. The highest BCUT2D eigenvalue weighted by Gasteiger charge is 2.10. The number of carbonyl (C=O) groups is 1. The summed E-state index contributed by atoms with van der Waals surface area (Å²) in [6.45, 7) is 5.12. The van der Waals surface area contributed by atoms with Gasteiger partial charge in [0.05, 0.1) is 5.56 Å². The summed E-state index contributed by atoms with van der Waals surface area (Å²) >= 11 is 0. The molecular weight excluding hydrogens is 238 g/mol. The van der Waals surface area contributed by atoms with Crippen molar-refractivity contribution in [2.75, 3.05) is 18.9 Å². The second-order valence-corrected chi connectivity index (χ2v) is 4.81. The van der Waals surface area contributed by atoms with E-state index in [1.807, 2.05) is 13.1 Å². The molecule has 0 saturated carbocycles. The molecule has 0 saturated heterocycles. The first kappa shape index (κ1) is 15.5. The van der Waals surface area contributed by atoms with E-state index in [-0.39, 0.29) is 5.91 Å². The Morgan fingerprint density at radius 1 is 1.37 bits per heavy atom. The zero-order valence-electron chi connectivity index (χ0n) is 12.2. The fourth-order valence-electron chi connectivity index (χ4n) is 1.96. The van der Waals surface area contributed by atoms with Crippen molar-refractivity contribution < 1.29 is 4.79 Å².